The second-order valence-corrected chi connectivity index (χ2v) is 9.29. The van der Waals surface area contributed by atoms with Crippen molar-refractivity contribution in [3.8, 4) is 11.6 Å². The first-order valence-corrected chi connectivity index (χ1v) is 11.3. The first-order valence-electron chi connectivity index (χ1n) is 10.1. The smallest absolute Gasteiger partial charge is 0.217 e. The zero-order chi connectivity index (χ0) is 20.2. The lowest BCUT2D eigenvalue weighted by molar-refractivity contribution is 0.451. The highest BCUT2D eigenvalue weighted by molar-refractivity contribution is 7.19. The van der Waals surface area contributed by atoms with E-state index in [0.29, 0.717) is 23.2 Å². The summed E-state index contributed by atoms with van der Waals surface area (Å²) in [4.78, 5) is 12.0. The van der Waals surface area contributed by atoms with Gasteiger partial charge in [-0.25, -0.2) is 14.5 Å². The minimum absolute atomic E-state index is 0.503. The molecule has 6 rings (SSSR count). The first-order chi connectivity index (χ1) is 14.7. The van der Waals surface area contributed by atoms with Crippen molar-refractivity contribution in [3.63, 3.8) is 0 Å². The quantitative estimate of drug-likeness (QED) is 0.394. The van der Waals surface area contributed by atoms with Crippen molar-refractivity contribution in [3.05, 3.63) is 52.1 Å². The van der Waals surface area contributed by atoms with E-state index in [0.717, 1.165) is 40.4 Å². The Hall–Kier alpha value is -2.71. The summed E-state index contributed by atoms with van der Waals surface area (Å²) in [5.74, 6) is 2.75. The number of hydrogen-bond acceptors (Lipinski definition) is 6. The third kappa shape index (κ3) is 2.94. The summed E-state index contributed by atoms with van der Waals surface area (Å²) < 4.78 is 9.49. The zero-order valence-electron chi connectivity index (χ0n) is 16.4. The van der Waals surface area contributed by atoms with Crippen LogP contribution in [-0.2, 0) is 19.4 Å². The molecule has 0 radical (unpaired) electrons. The predicted octanol–water partition coefficient (Wildman–Crippen LogP) is 5.01. The molecule has 0 aliphatic heterocycles. The number of furan rings is 1. The van der Waals surface area contributed by atoms with Crippen LogP contribution in [0.25, 0.3) is 27.4 Å². The second-order valence-electron chi connectivity index (χ2n) is 7.77. The topological polar surface area (TPSA) is 74.0 Å². The number of thiophene rings is 1. The Bertz CT molecular complexity index is 1380. The Morgan fingerprint density at radius 2 is 2.27 bits per heavy atom. The van der Waals surface area contributed by atoms with Crippen molar-refractivity contribution in [2.24, 2.45) is 5.92 Å². The summed E-state index contributed by atoms with van der Waals surface area (Å²) >= 11 is 7.75. The van der Waals surface area contributed by atoms with Crippen LogP contribution in [0.5, 0.6) is 0 Å². The zero-order valence-corrected chi connectivity index (χ0v) is 17.9. The first kappa shape index (κ1) is 18.1. The maximum absolute atomic E-state index is 5.99. The number of nitrogens with zero attached hydrogens (tertiary/aromatic N) is 6. The molecule has 0 bridgehead atoms. The van der Waals surface area contributed by atoms with E-state index in [9.17, 15) is 0 Å². The van der Waals surface area contributed by atoms with Crippen LogP contribution >= 0.6 is 22.9 Å². The molecule has 7 nitrogen and oxygen atoms in total. The number of fused-ring (bicyclic) bond motifs is 5. The lowest BCUT2D eigenvalue weighted by Crippen LogP contribution is -2.11. The van der Waals surface area contributed by atoms with Crippen LogP contribution in [0, 0.1) is 5.92 Å². The summed E-state index contributed by atoms with van der Waals surface area (Å²) in [5, 5.41) is 10.6. The summed E-state index contributed by atoms with van der Waals surface area (Å²) in [5.41, 5.74) is 2.27. The highest BCUT2D eigenvalue weighted by Gasteiger charge is 2.25. The molecule has 0 amide bonds. The largest absolute Gasteiger partial charge is 0.456 e. The van der Waals surface area contributed by atoms with Crippen molar-refractivity contribution < 1.29 is 4.42 Å². The van der Waals surface area contributed by atoms with Crippen LogP contribution in [-0.4, -0.2) is 29.4 Å². The minimum Gasteiger partial charge on any atom is -0.456 e. The molecular formula is C21H19ClN6OS. The highest BCUT2D eigenvalue weighted by Crippen LogP contribution is 2.39. The summed E-state index contributed by atoms with van der Waals surface area (Å²) in [6.45, 7) is 2.78. The van der Waals surface area contributed by atoms with Gasteiger partial charge in [0.05, 0.1) is 23.2 Å². The summed E-state index contributed by atoms with van der Waals surface area (Å²) in [6, 6.07) is 3.82. The molecule has 30 heavy (non-hydrogen) atoms. The van der Waals surface area contributed by atoms with Crippen LogP contribution in [0.4, 0.5) is 0 Å². The normalized spacial score (nSPS) is 16.5. The maximum atomic E-state index is 5.99. The fourth-order valence-electron chi connectivity index (χ4n) is 4.26. The van der Waals surface area contributed by atoms with Gasteiger partial charge < -0.3 is 4.42 Å². The van der Waals surface area contributed by atoms with Gasteiger partial charge in [-0.1, -0.05) is 24.9 Å². The molecule has 5 aromatic heterocycles. The molecule has 0 saturated carbocycles. The molecule has 152 valence electrons. The van der Waals surface area contributed by atoms with Gasteiger partial charge in [0.1, 0.15) is 16.9 Å². The Morgan fingerprint density at radius 1 is 1.33 bits per heavy atom. The van der Waals surface area contributed by atoms with Gasteiger partial charge in [0.25, 0.3) is 0 Å². The van der Waals surface area contributed by atoms with Crippen molar-refractivity contribution >= 4 is 38.8 Å². The summed E-state index contributed by atoms with van der Waals surface area (Å²) in [6.07, 6.45) is 9.83. The molecule has 0 fully saturated rings. The predicted molar refractivity (Wildman–Crippen MR) is 116 cm³/mol. The van der Waals surface area contributed by atoms with Crippen molar-refractivity contribution in [1.82, 2.24) is 29.4 Å². The molecule has 1 aliphatic carbocycles. The molecule has 5 heterocycles. The Balaban J connectivity index is 1.39. The third-order valence-electron chi connectivity index (χ3n) is 5.87. The van der Waals surface area contributed by atoms with Crippen LogP contribution in [0.1, 0.15) is 36.0 Å². The molecule has 0 saturated heterocycles. The van der Waals surface area contributed by atoms with E-state index in [1.165, 1.54) is 23.3 Å². The van der Waals surface area contributed by atoms with E-state index in [1.807, 2.05) is 23.5 Å². The molecule has 1 atom stereocenters. The number of aromatic nitrogens is 6. The molecule has 0 spiro atoms. The Kier molecular flexibility index (Phi) is 4.17. The molecule has 1 aliphatic rings. The average Bonchev–Trinajstić information content (AvgIpc) is 3.51. The van der Waals surface area contributed by atoms with E-state index < -0.39 is 0 Å². The van der Waals surface area contributed by atoms with Gasteiger partial charge in [-0.05, 0) is 42.9 Å². The number of aryl methyl sites for hydroxylation is 1. The van der Waals surface area contributed by atoms with Crippen molar-refractivity contribution in [2.75, 3.05) is 0 Å². The van der Waals surface area contributed by atoms with E-state index >= 15 is 0 Å². The standard InChI is InChI=1S/C21H19ClN6OS/c1-2-12-3-5-15-17(7-12)30-21-18(15)20-25-19(26-28(20)11-23-21)16-6-4-14(29-16)10-27-9-13(22)8-24-27/h4,6,8-9,11-12H,2-3,5,7,10H2,1H3/t12-/m1/s1. The van der Waals surface area contributed by atoms with E-state index in [4.69, 9.17) is 21.0 Å². The van der Waals surface area contributed by atoms with Gasteiger partial charge in [0, 0.05) is 11.1 Å². The van der Waals surface area contributed by atoms with Gasteiger partial charge in [0.15, 0.2) is 11.4 Å². The summed E-state index contributed by atoms with van der Waals surface area (Å²) in [7, 11) is 0. The SMILES string of the molecule is CC[C@@H]1CCc2c(sc3ncn4nc(-c5ccc(Cn6cc(Cl)cn6)o5)nc4c23)C1. The maximum Gasteiger partial charge on any atom is 0.217 e. The second kappa shape index (κ2) is 6.92. The molecular weight excluding hydrogens is 420 g/mol. The lowest BCUT2D eigenvalue weighted by Gasteiger charge is -2.20. The van der Waals surface area contributed by atoms with Crippen LogP contribution in [0.2, 0.25) is 5.02 Å². The van der Waals surface area contributed by atoms with Gasteiger partial charge >= 0.3 is 0 Å². The molecule has 0 N–H and O–H groups in total. The monoisotopic (exact) mass is 438 g/mol. The third-order valence-corrected chi connectivity index (χ3v) is 7.22. The molecule has 0 unspecified atom stereocenters. The van der Waals surface area contributed by atoms with Crippen LogP contribution < -0.4 is 0 Å². The van der Waals surface area contributed by atoms with Gasteiger partial charge in [-0.15, -0.1) is 16.4 Å². The van der Waals surface area contributed by atoms with Crippen molar-refractivity contribution in [2.45, 2.75) is 39.2 Å². The van der Waals surface area contributed by atoms with E-state index in [-0.39, 0.29) is 0 Å². The number of hydrogen-bond donors (Lipinski definition) is 0. The number of rotatable bonds is 4. The highest BCUT2D eigenvalue weighted by atomic mass is 35.5. The van der Waals surface area contributed by atoms with Crippen LogP contribution in [0.15, 0.2) is 35.3 Å². The van der Waals surface area contributed by atoms with Gasteiger partial charge in [-0.3, -0.25) is 4.68 Å². The van der Waals surface area contributed by atoms with Crippen LogP contribution in [0.3, 0.4) is 0 Å². The number of halogens is 1. The lowest BCUT2D eigenvalue weighted by atomic mass is 9.86. The van der Waals surface area contributed by atoms with Gasteiger partial charge in [-0.2, -0.15) is 5.10 Å². The molecule has 9 heteroatoms. The van der Waals surface area contributed by atoms with Gasteiger partial charge in [0.2, 0.25) is 5.82 Å². The minimum atomic E-state index is 0.503. The van der Waals surface area contributed by atoms with Crippen molar-refractivity contribution in [1.29, 1.82) is 0 Å². The molecule has 5 aromatic rings. The molecule has 0 aromatic carbocycles. The fraction of sp³-hybridized carbons (Fsp3) is 0.333. The Morgan fingerprint density at radius 3 is 3.10 bits per heavy atom. The fourth-order valence-corrected chi connectivity index (χ4v) is 5.72. The van der Waals surface area contributed by atoms with E-state index in [2.05, 4.69) is 22.1 Å². The average molecular weight is 439 g/mol. The Labute approximate surface area is 181 Å². The van der Waals surface area contributed by atoms with E-state index in [1.54, 1.807) is 27.9 Å².